The summed E-state index contributed by atoms with van der Waals surface area (Å²) in [6.45, 7) is 0. The van der Waals surface area contributed by atoms with Crippen LogP contribution in [0.2, 0.25) is 0 Å². The molecule has 134 valence electrons. The van der Waals surface area contributed by atoms with Gasteiger partial charge in [-0.1, -0.05) is 12.1 Å². The van der Waals surface area contributed by atoms with Crippen molar-refractivity contribution in [2.75, 3.05) is 7.11 Å². The number of hydrogen-bond acceptors (Lipinski definition) is 6. The van der Waals surface area contributed by atoms with Crippen molar-refractivity contribution in [2.24, 2.45) is 4.99 Å². The molecule has 4 rings (SSSR count). The molecule has 0 unspecified atom stereocenters. The van der Waals surface area contributed by atoms with E-state index in [9.17, 15) is 9.59 Å². The third-order valence-electron chi connectivity index (χ3n) is 3.90. The second-order valence-electron chi connectivity index (χ2n) is 5.73. The molecule has 0 aliphatic carbocycles. The van der Waals surface area contributed by atoms with E-state index >= 15 is 0 Å². The number of amidine groups is 1. The fourth-order valence-corrected chi connectivity index (χ4v) is 3.42. The van der Waals surface area contributed by atoms with Crippen LogP contribution in [0.4, 0.5) is 5.69 Å². The van der Waals surface area contributed by atoms with Gasteiger partial charge in [0.05, 0.1) is 17.7 Å². The number of hydrogen-bond donors (Lipinski definition) is 1. The SMILES string of the molecule is COc1ccc(/C=C2/SC(=Nc3ccc4oc(=O)ccc4c3)NC2=O)cc1. The van der Waals surface area contributed by atoms with Gasteiger partial charge < -0.3 is 14.5 Å². The van der Waals surface area contributed by atoms with Crippen molar-refractivity contribution in [1.29, 1.82) is 0 Å². The van der Waals surface area contributed by atoms with Crippen LogP contribution in [-0.2, 0) is 4.79 Å². The molecule has 27 heavy (non-hydrogen) atoms. The number of carbonyl (C=O) groups excluding carboxylic acids is 1. The first kappa shape index (κ1) is 17.1. The Balaban J connectivity index is 1.58. The Labute approximate surface area is 158 Å². The van der Waals surface area contributed by atoms with Crippen LogP contribution in [0.25, 0.3) is 17.0 Å². The highest BCUT2D eigenvalue weighted by molar-refractivity contribution is 8.18. The van der Waals surface area contributed by atoms with Crippen LogP contribution in [0.3, 0.4) is 0 Å². The first-order valence-electron chi connectivity index (χ1n) is 8.08. The predicted octanol–water partition coefficient (Wildman–Crippen LogP) is 3.69. The zero-order valence-electron chi connectivity index (χ0n) is 14.3. The van der Waals surface area contributed by atoms with Crippen LogP contribution in [0.1, 0.15) is 5.56 Å². The van der Waals surface area contributed by atoms with Crippen molar-refractivity contribution in [1.82, 2.24) is 5.32 Å². The molecule has 0 bridgehead atoms. The number of methoxy groups -OCH3 is 1. The zero-order valence-corrected chi connectivity index (χ0v) is 15.1. The van der Waals surface area contributed by atoms with Gasteiger partial charge in [-0.3, -0.25) is 4.79 Å². The van der Waals surface area contributed by atoms with E-state index in [1.807, 2.05) is 24.3 Å². The Morgan fingerprint density at radius 3 is 2.67 bits per heavy atom. The minimum absolute atomic E-state index is 0.193. The van der Waals surface area contributed by atoms with Crippen molar-refractivity contribution in [2.45, 2.75) is 0 Å². The summed E-state index contributed by atoms with van der Waals surface area (Å²) in [5.41, 5.74) is 1.66. The Morgan fingerprint density at radius 1 is 1.07 bits per heavy atom. The minimum atomic E-state index is -0.395. The van der Waals surface area contributed by atoms with Gasteiger partial charge in [0, 0.05) is 11.5 Å². The summed E-state index contributed by atoms with van der Waals surface area (Å²) in [5, 5.41) is 4.02. The van der Waals surface area contributed by atoms with Crippen molar-refractivity contribution in [3.63, 3.8) is 0 Å². The van der Waals surface area contributed by atoms with E-state index in [1.165, 1.54) is 17.8 Å². The van der Waals surface area contributed by atoms with Gasteiger partial charge in [-0.25, -0.2) is 9.79 Å². The van der Waals surface area contributed by atoms with E-state index in [-0.39, 0.29) is 5.91 Å². The van der Waals surface area contributed by atoms with E-state index in [1.54, 1.807) is 37.5 Å². The molecule has 2 aromatic carbocycles. The van der Waals surface area contributed by atoms with Crippen molar-refractivity contribution < 1.29 is 13.9 Å². The Morgan fingerprint density at radius 2 is 1.89 bits per heavy atom. The number of ether oxygens (including phenoxy) is 1. The molecule has 1 N–H and O–H groups in total. The standard InChI is InChI=1S/C20H14N2O4S/c1-25-15-6-2-12(3-7-15)10-17-19(24)22-20(27-17)21-14-5-8-16-13(11-14)4-9-18(23)26-16/h2-11H,1H3,(H,21,22,24)/b17-10+. The number of benzene rings is 2. The molecular weight excluding hydrogens is 364 g/mol. The number of fused-ring (bicyclic) bond motifs is 1. The number of nitrogens with one attached hydrogen (secondary N) is 1. The van der Waals surface area contributed by atoms with E-state index in [0.29, 0.717) is 21.3 Å². The number of aliphatic imine (C=N–C) groups is 1. The zero-order chi connectivity index (χ0) is 18.8. The number of rotatable bonds is 3. The van der Waals surface area contributed by atoms with Gasteiger partial charge in [-0.2, -0.15) is 0 Å². The summed E-state index contributed by atoms with van der Waals surface area (Å²) in [6.07, 6.45) is 1.80. The number of amides is 1. The maximum absolute atomic E-state index is 12.2. The third-order valence-corrected chi connectivity index (χ3v) is 4.81. The Kier molecular flexibility index (Phi) is 4.52. The summed E-state index contributed by atoms with van der Waals surface area (Å²) >= 11 is 1.27. The molecule has 3 aromatic rings. The third kappa shape index (κ3) is 3.78. The number of thioether (sulfide) groups is 1. The monoisotopic (exact) mass is 378 g/mol. The molecule has 0 radical (unpaired) electrons. The highest BCUT2D eigenvalue weighted by Crippen LogP contribution is 2.29. The van der Waals surface area contributed by atoms with Crippen LogP contribution in [0.15, 0.2) is 73.7 Å². The first-order chi connectivity index (χ1) is 13.1. The van der Waals surface area contributed by atoms with Crippen molar-refractivity contribution >= 4 is 45.6 Å². The van der Waals surface area contributed by atoms with Gasteiger partial charge in [-0.05, 0) is 59.8 Å². The average molecular weight is 378 g/mol. The van der Waals surface area contributed by atoms with Gasteiger partial charge in [0.2, 0.25) is 0 Å². The van der Waals surface area contributed by atoms with Gasteiger partial charge >= 0.3 is 5.63 Å². The van der Waals surface area contributed by atoms with E-state index in [4.69, 9.17) is 9.15 Å². The van der Waals surface area contributed by atoms with Crippen LogP contribution >= 0.6 is 11.8 Å². The molecule has 0 saturated carbocycles. The summed E-state index contributed by atoms with van der Waals surface area (Å²) in [4.78, 5) is 28.5. The molecule has 0 atom stereocenters. The van der Waals surface area contributed by atoms with Crippen molar-refractivity contribution in [3.05, 3.63) is 75.5 Å². The van der Waals surface area contributed by atoms with Gasteiger partial charge in [0.1, 0.15) is 11.3 Å². The van der Waals surface area contributed by atoms with E-state index < -0.39 is 5.63 Å². The lowest BCUT2D eigenvalue weighted by molar-refractivity contribution is -0.115. The van der Waals surface area contributed by atoms with E-state index in [0.717, 1.165) is 16.7 Å². The normalized spacial score (nSPS) is 16.9. The Bertz CT molecular complexity index is 1150. The first-order valence-corrected chi connectivity index (χ1v) is 8.90. The lowest BCUT2D eigenvalue weighted by Gasteiger charge is -1.99. The fourth-order valence-electron chi connectivity index (χ4n) is 2.58. The maximum Gasteiger partial charge on any atom is 0.336 e. The lowest BCUT2D eigenvalue weighted by Crippen LogP contribution is -2.19. The maximum atomic E-state index is 12.2. The fraction of sp³-hybridized carbons (Fsp3) is 0.0500. The molecule has 1 fully saturated rings. The molecule has 6 nitrogen and oxygen atoms in total. The summed E-state index contributed by atoms with van der Waals surface area (Å²) in [5.74, 6) is 0.566. The summed E-state index contributed by atoms with van der Waals surface area (Å²) < 4.78 is 10.2. The van der Waals surface area contributed by atoms with Crippen LogP contribution in [0.5, 0.6) is 5.75 Å². The van der Waals surface area contributed by atoms with Crippen molar-refractivity contribution in [3.8, 4) is 5.75 Å². The quantitative estimate of drug-likeness (QED) is 0.555. The molecule has 1 aliphatic rings. The highest BCUT2D eigenvalue weighted by Gasteiger charge is 2.23. The highest BCUT2D eigenvalue weighted by atomic mass is 32.2. The Hall–Kier alpha value is -3.32. The average Bonchev–Trinajstić information content (AvgIpc) is 3.01. The smallest absolute Gasteiger partial charge is 0.336 e. The van der Waals surface area contributed by atoms with Crippen LogP contribution in [0, 0.1) is 0 Å². The lowest BCUT2D eigenvalue weighted by atomic mass is 10.2. The molecule has 1 amide bonds. The van der Waals surface area contributed by atoms with E-state index in [2.05, 4.69) is 10.3 Å². The van der Waals surface area contributed by atoms with Crippen LogP contribution < -0.4 is 15.7 Å². The van der Waals surface area contributed by atoms with Crippen LogP contribution in [-0.4, -0.2) is 18.2 Å². The summed E-state index contributed by atoms with van der Waals surface area (Å²) in [7, 11) is 1.61. The molecule has 7 heteroatoms. The largest absolute Gasteiger partial charge is 0.497 e. The molecule has 1 aliphatic heterocycles. The second-order valence-corrected chi connectivity index (χ2v) is 6.76. The molecular formula is C20H14N2O4S. The predicted molar refractivity (Wildman–Crippen MR) is 106 cm³/mol. The minimum Gasteiger partial charge on any atom is -0.497 e. The molecule has 1 saturated heterocycles. The van der Waals surface area contributed by atoms with Gasteiger partial charge in [0.15, 0.2) is 5.17 Å². The second kappa shape index (κ2) is 7.13. The summed E-state index contributed by atoms with van der Waals surface area (Å²) in [6, 6.07) is 15.7. The number of carbonyl (C=O) groups is 1. The number of nitrogens with zero attached hydrogens (tertiary/aromatic N) is 1. The molecule has 2 heterocycles. The van der Waals surface area contributed by atoms with Gasteiger partial charge in [0.25, 0.3) is 5.91 Å². The topological polar surface area (TPSA) is 80.9 Å². The molecule has 0 spiro atoms. The van der Waals surface area contributed by atoms with Gasteiger partial charge in [-0.15, -0.1) is 0 Å². The molecule has 1 aromatic heterocycles.